The molecule has 4 nitrogen and oxygen atoms in total. The minimum absolute atomic E-state index is 0.188. The average Bonchev–Trinajstić information content (AvgIpc) is 2.48. The van der Waals surface area contributed by atoms with E-state index in [2.05, 4.69) is 16.8 Å². The van der Waals surface area contributed by atoms with Gasteiger partial charge in [0.15, 0.2) is 0 Å². The number of likely N-dealkylation sites (N-methyl/N-ethyl adjacent to an activating group) is 1. The largest absolute Gasteiger partial charge is 0.487 e. The third-order valence-corrected chi connectivity index (χ3v) is 4.11. The van der Waals surface area contributed by atoms with Crippen LogP contribution in [-0.4, -0.2) is 68.4 Å². The van der Waals surface area contributed by atoms with Gasteiger partial charge in [-0.25, -0.2) is 4.39 Å². The number of ether oxygens (including phenoxy) is 2. The Morgan fingerprint density at radius 2 is 1.95 bits per heavy atom. The van der Waals surface area contributed by atoms with E-state index < -0.39 is 0 Å². The summed E-state index contributed by atoms with van der Waals surface area (Å²) in [5, 5.41) is 0. The Kier molecular flexibility index (Phi) is 4.19. The summed E-state index contributed by atoms with van der Waals surface area (Å²) in [4.78, 5) is 4.73. The van der Waals surface area contributed by atoms with Crippen LogP contribution >= 0.6 is 0 Å². The first-order valence-corrected chi connectivity index (χ1v) is 7.15. The highest BCUT2D eigenvalue weighted by Crippen LogP contribution is 2.24. The van der Waals surface area contributed by atoms with E-state index in [1.54, 1.807) is 12.1 Å². The van der Waals surface area contributed by atoms with Crippen LogP contribution in [0.2, 0.25) is 0 Å². The van der Waals surface area contributed by atoms with E-state index in [1.165, 1.54) is 12.1 Å². The van der Waals surface area contributed by atoms with Gasteiger partial charge in [0.05, 0.1) is 19.3 Å². The predicted molar refractivity (Wildman–Crippen MR) is 74.5 cm³/mol. The van der Waals surface area contributed by atoms with Gasteiger partial charge in [0.1, 0.15) is 17.7 Å². The van der Waals surface area contributed by atoms with Gasteiger partial charge in [0.2, 0.25) is 0 Å². The molecule has 0 radical (unpaired) electrons. The lowest BCUT2D eigenvalue weighted by Crippen LogP contribution is -2.65. The summed E-state index contributed by atoms with van der Waals surface area (Å²) in [6.45, 7) is 5.55. The monoisotopic (exact) mass is 280 g/mol. The number of nitrogens with zero attached hydrogens (tertiary/aromatic N) is 2. The molecular formula is C15H21FN2O2. The first-order chi connectivity index (χ1) is 9.72. The third kappa shape index (κ3) is 3.11. The number of hydrogen-bond donors (Lipinski definition) is 0. The summed E-state index contributed by atoms with van der Waals surface area (Å²) in [6, 6.07) is 6.67. The smallest absolute Gasteiger partial charge is 0.128 e. The Bertz CT molecular complexity index is 434. The fourth-order valence-corrected chi connectivity index (χ4v) is 2.80. The molecule has 1 aromatic carbocycles. The third-order valence-electron chi connectivity index (χ3n) is 4.11. The van der Waals surface area contributed by atoms with Crippen LogP contribution < -0.4 is 4.74 Å². The van der Waals surface area contributed by atoms with Gasteiger partial charge < -0.3 is 9.47 Å². The van der Waals surface area contributed by atoms with Crippen LogP contribution in [0, 0.1) is 5.82 Å². The summed E-state index contributed by atoms with van der Waals surface area (Å²) in [5.74, 6) is 0.518. The highest BCUT2D eigenvalue weighted by molar-refractivity contribution is 5.23. The maximum atomic E-state index is 12.9. The molecule has 2 saturated heterocycles. The molecule has 20 heavy (non-hydrogen) atoms. The van der Waals surface area contributed by atoms with Crippen LogP contribution in [0.1, 0.15) is 0 Å². The van der Waals surface area contributed by atoms with Crippen LogP contribution in [0.3, 0.4) is 0 Å². The molecule has 110 valence electrons. The molecule has 5 heteroatoms. The molecule has 2 aliphatic rings. The number of rotatable bonds is 4. The normalized spacial score (nSPS) is 28.1. The van der Waals surface area contributed by atoms with Crippen LogP contribution in [-0.2, 0) is 4.74 Å². The lowest BCUT2D eigenvalue weighted by atomic mass is 9.99. The average molecular weight is 280 g/mol. The van der Waals surface area contributed by atoms with Crippen LogP contribution in [0.15, 0.2) is 24.3 Å². The van der Waals surface area contributed by atoms with Crippen molar-refractivity contribution in [2.45, 2.75) is 12.1 Å². The lowest BCUT2D eigenvalue weighted by molar-refractivity contribution is -0.0570. The minimum Gasteiger partial charge on any atom is -0.487 e. The zero-order valence-corrected chi connectivity index (χ0v) is 11.8. The molecular weight excluding hydrogens is 259 g/mol. The van der Waals surface area contributed by atoms with Crippen LogP contribution in [0.25, 0.3) is 0 Å². The van der Waals surface area contributed by atoms with Gasteiger partial charge >= 0.3 is 0 Å². The SMILES string of the molecule is CN1C[C@@H](Oc2ccc(F)cc2)[C@H]1CN1CCOCC1. The van der Waals surface area contributed by atoms with Crippen molar-refractivity contribution in [1.29, 1.82) is 0 Å². The summed E-state index contributed by atoms with van der Waals surface area (Å²) in [5.41, 5.74) is 0. The summed E-state index contributed by atoms with van der Waals surface area (Å²) in [7, 11) is 2.12. The molecule has 2 atom stereocenters. The van der Waals surface area contributed by atoms with Crippen molar-refractivity contribution in [1.82, 2.24) is 9.80 Å². The molecule has 0 aromatic heterocycles. The fourth-order valence-electron chi connectivity index (χ4n) is 2.80. The maximum Gasteiger partial charge on any atom is 0.128 e. The van der Waals surface area contributed by atoms with Gasteiger partial charge in [-0.15, -0.1) is 0 Å². The number of benzene rings is 1. The van der Waals surface area contributed by atoms with E-state index in [-0.39, 0.29) is 11.9 Å². The number of likely N-dealkylation sites (tertiary alicyclic amines) is 1. The molecule has 0 bridgehead atoms. The molecule has 0 N–H and O–H groups in total. The van der Waals surface area contributed by atoms with Gasteiger partial charge in [0, 0.05) is 26.2 Å². The van der Waals surface area contributed by atoms with Gasteiger partial charge in [-0.3, -0.25) is 9.80 Å². The maximum absolute atomic E-state index is 12.9. The van der Waals surface area contributed by atoms with Gasteiger partial charge in [-0.1, -0.05) is 0 Å². The molecule has 0 amide bonds. The number of morpholine rings is 1. The van der Waals surface area contributed by atoms with Gasteiger partial charge in [0.25, 0.3) is 0 Å². The van der Waals surface area contributed by atoms with Crippen molar-refractivity contribution in [3.8, 4) is 5.75 Å². The van der Waals surface area contributed by atoms with E-state index >= 15 is 0 Å². The molecule has 0 aliphatic carbocycles. The summed E-state index contributed by atoms with van der Waals surface area (Å²) >= 11 is 0. The van der Waals surface area contributed by atoms with Crippen molar-refractivity contribution in [2.24, 2.45) is 0 Å². The minimum atomic E-state index is -0.229. The quantitative estimate of drug-likeness (QED) is 0.828. The zero-order chi connectivity index (χ0) is 13.9. The number of hydrogen-bond acceptors (Lipinski definition) is 4. The Morgan fingerprint density at radius 3 is 2.60 bits per heavy atom. The molecule has 0 saturated carbocycles. The molecule has 0 spiro atoms. The van der Waals surface area contributed by atoms with E-state index in [9.17, 15) is 4.39 Å². The number of halogens is 1. The van der Waals surface area contributed by atoms with Crippen LogP contribution in [0.4, 0.5) is 4.39 Å². The Balaban J connectivity index is 1.55. The Morgan fingerprint density at radius 1 is 1.25 bits per heavy atom. The molecule has 2 fully saturated rings. The first kappa shape index (κ1) is 13.8. The standard InChI is InChI=1S/C15H21FN2O2/c1-17-11-15(20-13-4-2-12(16)3-5-13)14(17)10-18-6-8-19-9-7-18/h2-5,14-15H,6-11H2,1H3/t14-,15-/m1/s1. The Hall–Kier alpha value is -1.17. The Labute approximate surface area is 119 Å². The highest BCUT2D eigenvalue weighted by Gasteiger charge is 2.39. The first-order valence-electron chi connectivity index (χ1n) is 7.15. The van der Waals surface area contributed by atoms with E-state index in [0.717, 1.165) is 45.1 Å². The van der Waals surface area contributed by atoms with Crippen molar-refractivity contribution in [3.05, 3.63) is 30.1 Å². The second kappa shape index (κ2) is 6.08. The zero-order valence-electron chi connectivity index (χ0n) is 11.8. The van der Waals surface area contributed by atoms with Crippen molar-refractivity contribution in [3.63, 3.8) is 0 Å². The highest BCUT2D eigenvalue weighted by atomic mass is 19.1. The molecule has 2 aliphatic heterocycles. The molecule has 2 heterocycles. The molecule has 0 unspecified atom stereocenters. The lowest BCUT2D eigenvalue weighted by Gasteiger charge is -2.47. The van der Waals surface area contributed by atoms with E-state index in [1.807, 2.05) is 0 Å². The summed E-state index contributed by atoms with van der Waals surface area (Å²) in [6.07, 6.45) is 0.188. The van der Waals surface area contributed by atoms with Crippen molar-refractivity contribution < 1.29 is 13.9 Å². The fraction of sp³-hybridized carbons (Fsp3) is 0.600. The van der Waals surface area contributed by atoms with Gasteiger partial charge in [-0.2, -0.15) is 0 Å². The topological polar surface area (TPSA) is 24.9 Å². The molecule has 3 rings (SSSR count). The van der Waals surface area contributed by atoms with Crippen molar-refractivity contribution in [2.75, 3.05) is 46.4 Å². The summed E-state index contributed by atoms with van der Waals surface area (Å²) < 4.78 is 24.2. The van der Waals surface area contributed by atoms with Gasteiger partial charge in [-0.05, 0) is 31.3 Å². The molecule has 1 aromatic rings. The van der Waals surface area contributed by atoms with Crippen molar-refractivity contribution >= 4 is 0 Å². The predicted octanol–water partition coefficient (Wildman–Crippen LogP) is 1.22. The second-order valence-corrected chi connectivity index (χ2v) is 5.53. The second-order valence-electron chi connectivity index (χ2n) is 5.53. The van der Waals surface area contributed by atoms with Crippen LogP contribution in [0.5, 0.6) is 5.75 Å². The van der Waals surface area contributed by atoms with E-state index in [4.69, 9.17) is 9.47 Å². The van der Waals surface area contributed by atoms with E-state index in [0.29, 0.717) is 6.04 Å².